The highest BCUT2D eigenvalue weighted by Crippen LogP contribution is 2.15. The van der Waals surface area contributed by atoms with E-state index >= 15 is 0 Å². The molecular weight excluding hydrogens is 264 g/mol. The van der Waals surface area contributed by atoms with Crippen molar-refractivity contribution in [3.05, 3.63) is 40.5 Å². The fourth-order valence-corrected chi connectivity index (χ4v) is 2.46. The summed E-state index contributed by atoms with van der Waals surface area (Å²) in [7, 11) is 1.97. The van der Waals surface area contributed by atoms with Gasteiger partial charge < -0.3 is 10.6 Å². The maximum absolute atomic E-state index is 5.65. The zero-order chi connectivity index (χ0) is 13.0. The third kappa shape index (κ3) is 3.02. The SMILES string of the molecule is CN(CCc1cccs1)c1nccnc1C(N)=S. The predicted octanol–water partition coefficient (Wildman–Crippen LogP) is 1.85. The number of nitrogens with two attached hydrogens (primary N) is 1. The second-order valence-electron chi connectivity index (χ2n) is 3.84. The molecule has 2 aromatic heterocycles. The van der Waals surface area contributed by atoms with Gasteiger partial charge in [0.25, 0.3) is 0 Å². The molecule has 0 aliphatic heterocycles. The lowest BCUT2D eigenvalue weighted by Crippen LogP contribution is -2.26. The second kappa shape index (κ2) is 5.88. The minimum atomic E-state index is 0.279. The van der Waals surface area contributed by atoms with Crippen molar-refractivity contribution in [2.45, 2.75) is 6.42 Å². The molecule has 0 atom stereocenters. The summed E-state index contributed by atoms with van der Waals surface area (Å²) in [6, 6.07) is 4.19. The van der Waals surface area contributed by atoms with E-state index in [1.807, 2.05) is 11.9 Å². The Kier molecular flexibility index (Phi) is 4.22. The normalized spacial score (nSPS) is 10.3. The van der Waals surface area contributed by atoms with Crippen LogP contribution in [0.1, 0.15) is 10.6 Å². The van der Waals surface area contributed by atoms with Crippen LogP contribution < -0.4 is 10.6 Å². The van der Waals surface area contributed by atoms with E-state index in [4.69, 9.17) is 18.0 Å². The first kappa shape index (κ1) is 12.9. The number of nitrogens with zero attached hydrogens (tertiary/aromatic N) is 3. The fraction of sp³-hybridized carbons (Fsp3) is 0.250. The van der Waals surface area contributed by atoms with Crippen LogP contribution in [-0.4, -0.2) is 28.5 Å². The van der Waals surface area contributed by atoms with Gasteiger partial charge in [-0.2, -0.15) is 0 Å². The molecule has 0 saturated heterocycles. The molecule has 0 bridgehead atoms. The van der Waals surface area contributed by atoms with E-state index in [1.54, 1.807) is 23.7 Å². The minimum Gasteiger partial charge on any atom is -0.388 e. The Hall–Kier alpha value is -1.53. The summed E-state index contributed by atoms with van der Waals surface area (Å²) in [5, 5.41) is 2.08. The molecule has 2 heterocycles. The summed E-state index contributed by atoms with van der Waals surface area (Å²) >= 11 is 6.74. The number of thiophene rings is 1. The van der Waals surface area contributed by atoms with E-state index in [0.29, 0.717) is 5.69 Å². The molecule has 6 heteroatoms. The van der Waals surface area contributed by atoms with Crippen molar-refractivity contribution in [1.82, 2.24) is 9.97 Å². The number of hydrogen-bond acceptors (Lipinski definition) is 5. The monoisotopic (exact) mass is 278 g/mol. The van der Waals surface area contributed by atoms with E-state index in [2.05, 4.69) is 27.5 Å². The van der Waals surface area contributed by atoms with Gasteiger partial charge in [0.1, 0.15) is 10.7 Å². The van der Waals surface area contributed by atoms with Gasteiger partial charge in [-0.25, -0.2) is 9.97 Å². The highest BCUT2D eigenvalue weighted by atomic mass is 32.1. The molecule has 0 aliphatic carbocycles. The van der Waals surface area contributed by atoms with Crippen LogP contribution in [0.25, 0.3) is 0 Å². The smallest absolute Gasteiger partial charge is 0.157 e. The van der Waals surface area contributed by atoms with Crippen molar-refractivity contribution in [2.24, 2.45) is 5.73 Å². The largest absolute Gasteiger partial charge is 0.388 e. The van der Waals surface area contributed by atoms with Gasteiger partial charge in [0.15, 0.2) is 5.82 Å². The van der Waals surface area contributed by atoms with E-state index in [0.717, 1.165) is 18.8 Å². The molecule has 0 saturated carbocycles. The third-order valence-corrected chi connectivity index (χ3v) is 3.68. The first-order valence-electron chi connectivity index (χ1n) is 5.53. The molecular formula is C12H14N4S2. The standard InChI is InChI=1S/C12H14N4S2/c1-16(7-4-9-3-2-8-18-9)12-10(11(13)17)14-5-6-15-12/h2-3,5-6,8H,4,7H2,1H3,(H2,13,17). The lowest BCUT2D eigenvalue weighted by atomic mass is 10.3. The highest BCUT2D eigenvalue weighted by Gasteiger charge is 2.12. The molecule has 4 nitrogen and oxygen atoms in total. The van der Waals surface area contributed by atoms with Crippen molar-refractivity contribution in [2.75, 3.05) is 18.5 Å². The summed E-state index contributed by atoms with van der Waals surface area (Å²) in [5.41, 5.74) is 6.23. The average molecular weight is 278 g/mol. The summed E-state index contributed by atoms with van der Waals surface area (Å²) in [6.45, 7) is 0.856. The van der Waals surface area contributed by atoms with Gasteiger partial charge in [-0.3, -0.25) is 0 Å². The van der Waals surface area contributed by atoms with Gasteiger partial charge in [-0.05, 0) is 17.9 Å². The average Bonchev–Trinajstić information content (AvgIpc) is 2.89. The minimum absolute atomic E-state index is 0.279. The topological polar surface area (TPSA) is 55.0 Å². The summed E-state index contributed by atoms with van der Waals surface area (Å²) < 4.78 is 0. The van der Waals surface area contributed by atoms with Gasteiger partial charge >= 0.3 is 0 Å². The van der Waals surface area contributed by atoms with Crippen LogP contribution in [0.3, 0.4) is 0 Å². The van der Waals surface area contributed by atoms with E-state index in [-0.39, 0.29) is 4.99 Å². The number of likely N-dealkylation sites (N-methyl/N-ethyl adjacent to an activating group) is 1. The molecule has 2 N–H and O–H groups in total. The zero-order valence-corrected chi connectivity index (χ0v) is 11.7. The Morgan fingerprint density at radius 3 is 2.89 bits per heavy atom. The van der Waals surface area contributed by atoms with Crippen LogP contribution in [0.2, 0.25) is 0 Å². The van der Waals surface area contributed by atoms with Crippen LogP contribution in [0, 0.1) is 0 Å². The summed E-state index contributed by atoms with van der Waals surface area (Å²) in [4.78, 5) is 12.1. The molecule has 0 unspecified atom stereocenters. The Labute approximate surface area is 115 Å². The lowest BCUT2D eigenvalue weighted by molar-refractivity contribution is 0.861. The van der Waals surface area contributed by atoms with Gasteiger partial charge in [0, 0.05) is 30.9 Å². The van der Waals surface area contributed by atoms with Crippen LogP contribution in [-0.2, 0) is 6.42 Å². The molecule has 2 aromatic rings. The Morgan fingerprint density at radius 2 is 2.22 bits per heavy atom. The van der Waals surface area contributed by atoms with Crippen LogP contribution in [0.15, 0.2) is 29.9 Å². The van der Waals surface area contributed by atoms with Crippen molar-refractivity contribution in [3.63, 3.8) is 0 Å². The Morgan fingerprint density at radius 1 is 1.44 bits per heavy atom. The Balaban J connectivity index is 2.09. The molecule has 0 aromatic carbocycles. The van der Waals surface area contributed by atoms with Crippen molar-refractivity contribution in [1.29, 1.82) is 0 Å². The van der Waals surface area contributed by atoms with Gasteiger partial charge in [0.05, 0.1) is 0 Å². The van der Waals surface area contributed by atoms with E-state index < -0.39 is 0 Å². The second-order valence-corrected chi connectivity index (χ2v) is 5.32. The molecule has 0 spiro atoms. The number of rotatable bonds is 5. The summed E-state index contributed by atoms with van der Waals surface area (Å²) in [6.07, 6.45) is 4.23. The van der Waals surface area contributed by atoms with E-state index in [1.165, 1.54) is 4.88 Å². The van der Waals surface area contributed by atoms with Crippen molar-refractivity contribution >= 4 is 34.4 Å². The molecule has 2 rings (SSSR count). The van der Waals surface area contributed by atoms with Crippen molar-refractivity contribution in [3.8, 4) is 0 Å². The molecule has 94 valence electrons. The van der Waals surface area contributed by atoms with Crippen LogP contribution >= 0.6 is 23.6 Å². The third-order valence-electron chi connectivity index (χ3n) is 2.55. The number of aromatic nitrogens is 2. The van der Waals surface area contributed by atoms with Crippen LogP contribution in [0.4, 0.5) is 5.82 Å². The number of anilines is 1. The van der Waals surface area contributed by atoms with Gasteiger partial charge in [-0.1, -0.05) is 18.3 Å². The zero-order valence-electron chi connectivity index (χ0n) is 10.0. The summed E-state index contributed by atoms with van der Waals surface area (Å²) in [5.74, 6) is 0.738. The Bertz CT molecular complexity index is 525. The first-order valence-corrected chi connectivity index (χ1v) is 6.81. The first-order chi connectivity index (χ1) is 8.68. The molecule has 0 radical (unpaired) electrons. The number of hydrogen-bond donors (Lipinski definition) is 1. The van der Waals surface area contributed by atoms with Crippen LogP contribution in [0.5, 0.6) is 0 Å². The molecule has 0 amide bonds. The molecule has 0 aliphatic rings. The maximum atomic E-state index is 5.65. The maximum Gasteiger partial charge on any atom is 0.157 e. The molecule has 18 heavy (non-hydrogen) atoms. The fourth-order valence-electron chi connectivity index (χ4n) is 1.62. The molecule has 0 fully saturated rings. The quantitative estimate of drug-likeness (QED) is 0.846. The van der Waals surface area contributed by atoms with E-state index in [9.17, 15) is 0 Å². The van der Waals surface area contributed by atoms with Gasteiger partial charge in [-0.15, -0.1) is 11.3 Å². The predicted molar refractivity (Wildman–Crippen MR) is 79.2 cm³/mol. The van der Waals surface area contributed by atoms with Gasteiger partial charge in [0.2, 0.25) is 0 Å². The lowest BCUT2D eigenvalue weighted by Gasteiger charge is -2.19. The number of thiocarbonyl (C=S) groups is 1. The highest BCUT2D eigenvalue weighted by molar-refractivity contribution is 7.80. The van der Waals surface area contributed by atoms with Crippen molar-refractivity contribution < 1.29 is 0 Å².